The molecular weight excluding hydrogens is 306 g/mol. The van der Waals surface area contributed by atoms with E-state index in [1.807, 2.05) is 0 Å². The van der Waals surface area contributed by atoms with Crippen molar-refractivity contribution in [2.45, 2.75) is 31.8 Å². The van der Waals surface area contributed by atoms with E-state index in [1.165, 1.54) is 12.6 Å². The maximum Gasteiger partial charge on any atom is 0.251 e. The normalized spacial score (nSPS) is 17.2. The van der Waals surface area contributed by atoms with Crippen LogP contribution in [0.1, 0.15) is 36.0 Å². The van der Waals surface area contributed by atoms with E-state index in [0.717, 1.165) is 25.9 Å². The van der Waals surface area contributed by atoms with Crippen molar-refractivity contribution in [3.63, 3.8) is 0 Å². The molecule has 24 heavy (non-hydrogen) atoms. The van der Waals surface area contributed by atoms with Crippen LogP contribution in [0.15, 0.2) is 42.9 Å². The molecule has 1 aliphatic rings. The molecule has 6 nitrogen and oxygen atoms in total. The van der Waals surface area contributed by atoms with Crippen LogP contribution < -0.4 is 10.1 Å². The minimum absolute atomic E-state index is 0.115. The van der Waals surface area contributed by atoms with Crippen LogP contribution in [0.4, 0.5) is 0 Å². The number of nitrogens with zero attached hydrogens (tertiary/aromatic N) is 2. The maximum atomic E-state index is 12.3. The Hall–Kier alpha value is -2.47. The Balaban J connectivity index is 1.52. The summed E-state index contributed by atoms with van der Waals surface area (Å²) in [6, 6.07) is 7.02. The molecule has 6 heteroatoms. The number of nitrogens with one attached hydrogen (secondary N) is 1. The maximum absolute atomic E-state index is 12.3. The van der Waals surface area contributed by atoms with Crippen molar-refractivity contribution in [1.82, 2.24) is 15.3 Å². The van der Waals surface area contributed by atoms with Gasteiger partial charge in [-0.05, 0) is 43.9 Å². The van der Waals surface area contributed by atoms with Crippen LogP contribution in [-0.2, 0) is 4.74 Å². The zero-order valence-electron chi connectivity index (χ0n) is 13.5. The lowest BCUT2D eigenvalue weighted by Crippen LogP contribution is -2.29. The number of amides is 1. The van der Waals surface area contributed by atoms with Crippen molar-refractivity contribution in [2.75, 3.05) is 13.2 Å². The first-order chi connectivity index (χ1) is 11.8. The van der Waals surface area contributed by atoms with E-state index in [2.05, 4.69) is 15.3 Å². The van der Waals surface area contributed by atoms with E-state index < -0.39 is 0 Å². The zero-order valence-corrected chi connectivity index (χ0v) is 13.5. The number of hydrogen-bond donors (Lipinski definition) is 1. The lowest BCUT2D eigenvalue weighted by atomic mass is 10.1. The Kier molecular flexibility index (Phi) is 5.74. The van der Waals surface area contributed by atoms with E-state index in [1.54, 1.807) is 36.7 Å². The quantitative estimate of drug-likeness (QED) is 0.883. The largest absolute Gasteiger partial charge is 0.437 e. The number of benzene rings is 1. The Bertz CT molecular complexity index is 658. The number of carbonyl (C=O) groups excluding carboxylic acids is 1. The predicted octanol–water partition coefficient (Wildman–Crippen LogP) is 2.96. The first-order valence-electron chi connectivity index (χ1n) is 8.25. The third-order valence-electron chi connectivity index (χ3n) is 3.88. The van der Waals surface area contributed by atoms with Gasteiger partial charge in [0.15, 0.2) is 0 Å². The summed E-state index contributed by atoms with van der Waals surface area (Å²) in [6.45, 7) is 1.44. The molecule has 1 aromatic heterocycles. The van der Waals surface area contributed by atoms with Crippen LogP contribution in [0.3, 0.4) is 0 Å². The summed E-state index contributed by atoms with van der Waals surface area (Å²) in [7, 11) is 0. The number of aromatic nitrogens is 2. The molecule has 1 amide bonds. The first kappa shape index (κ1) is 16.4. The molecule has 3 rings (SSSR count). The topological polar surface area (TPSA) is 73.3 Å². The predicted molar refractivity (Wildman–Crippen MR) is 89.1 cm³/mol. The zero-order chi connectivity index (χ0) is 16.6. The molecule has 1 aliphatic heterocycles. The average molecular weight is 327 g/mol. The van der Waals surface area contributed by atoms with Gasteiger partial charge >= 0.3 is 0 Å². The van der Waals surface area contributed by atoms with Gasteiger partial charge < -0.3 is 14.8 Å². The van der Waals surface area contributed by atoms with Crippen LogP contribution in [0, 0.1) is 0 Å². The molecule has 2 heterocycles. The molecule has 1 saturated heterocycles. The van der Waals surface area contributed by atoms with Crippen molar-refractivity contribution >= 4 is 5.91 Å². The molecule has 0 saturated carbocycles. The number of ether oxygens (including phenoxy) is 2. The molecule has 0 radical (unpaired) electrons. The lowest BCUT2D eigenvalue weighted by molar-refractivity contribution is 0.0117. The fraction of sp³-hybridized carbons (Fsp3) is 0.389. The molecule has 2 aromatic rings. The fourth-order valence-corrected chi connectivity index (χ4v) is 2.64. The smallest absolute Gasteiger partial charge is 0.251 e. The molecule has 0 bridgehead atoms. The Morgan fingerprint density at radius 1 is 1.33 bits per heavy atom. The lowest BCUT2D eigenvalue weighted by Gasteiger charge is -2.22. The van der Waals surface area contributed by atoms with Crippen molar-refractivity contribution in [3.05, 3.63) is 48.4 Å². The van der Waals surface area contributed by atoms with Crippen LogP contribution in [0.25, 0.3) is 0 Å². The van der Waals surface area contributed by atoms with Gasteiger partial charge in [0.05, 0.1) is 12.3 Å². The molecule has 126 valence electrons. The summed E-state index contributed by atoms with van der Waals surface area (Å²) in [4.78, 5) is 20.3. The highest BCUT2D eigenvalue weighted by molar-refractivity contribution is 5.94. The van der Waals surface area contributed by atoms with Gasteiger partial charge in [-0.25, -0.2) is 4.98 Å². The van der Waals surface area contributed by atoms with Crippen molar-refractivity contribution in [3.8, 4) is 11.6 Å². The second-order valence-corrected chi connectivity index (χ2v) is 5.71. The average Bonchev–Trinajstić information content (AvgIpc) is 2.64. The Morgan fingerprint density at radius 2 is 2.29 bits per heavy atom. The summed E-state index contributed by atoms with van der Waals surface area (Å²) in [5, 5.41) is 2.93. The molecule has 1 fully saturated rings. The third kappa shape index (κ3) is 4.76. The summed E-state index contributed by atoms with van der Waals surface area (Å²) in [5.74, 6) is 0.832. The van der Waals surface area contributed by atoms with Gasteiger partial charge in [-0.3, -0.25) is 9.78 Å². The van der Waals surface area contributed by atoms with Crippen LogP contribution in [-0.4, -0.2) is 35.1 Å². The Labute approximate surface area is 141 Å². The highest BCUT2D eigenvalue weighted by atomic mass is 16.5. The van der Waals surface area contributed by atoms with Crippen LogP contribution in [0.2, 0.25) is 0 Å². The standard InChI is InChI=1S/C18H21N3O3/c22-18(21-8-7-15-5-1-2-11-23-15)14-4-3-6-16(12-14)24-17-13-19-9-10-20-17/h3-4,6,9-10,12-13,15H,1-2,5,7-8,11H2,(H,21,22)/t15-/m0/s1. The van der Waals surface area contributed by atoms with Crippen LogP contribution in [0.5, 0.6) is 11.6 Å². The minimum atomic E-state index is -0.115. The summed E-state index contributed by atoms with van der Waals surface area (Å²) < 4.78 is 11.3. The first-order valence-corrected chi connectivity index (χ1v) is 8.25. The molecule has 0 aliphatic carbocycles. The molecule has 0 unspecified atom stereocenters. The van der Waals surface area contributed by atoms with Gasteiger partial charge in [0.1, 0.15) is 5.75 Å². The summed E-state index contributed by atoms with van der Waals surface area (Å²) in [5.41, 5.74) is 0.556. The fourth-order valence-electron chi connectivity index (χ4n) is 2.64. The SMILES string of the molecule is O=C(NCC[C@@H]1CCCCO1)c1cccc(Oc2cnccn2)c1. The van der Waals surface area contributed by atoms with E-state index >= 15 is 0 Å². The van der Waals surface area contributed by atoms with Crippen molar-refractivity contribution < 1.29 is 14.3 Å². The van der Waals surface area contributed by atoms with E-state index in [9.17, 15) is 4.79 Å². The second kappa shape index (κ2) is 8.40. The van der Waals surface area contributed by atoms with Crippen molar-refractivity contribution in [1.29, 1.82) is 0 Å². The van der Waals surface area contributed by atoms with E-state index in [4.69, 9.17) is 9.47 Å². The van der Waals surface area contributed by atoms with Gasteiger partial charge in [0.2, 0.25) is 5.88 Å². The number of hydrogen-bond acceptors (Lipinski definition) is 5. The number of carbonyl (C=O) groups is 1. The van der Waals surface area contributed by atoms with Gasteiger partial charge in [-0.1, -0.05) is 6.07 Å². The Morgan fingerprint density at radius 3 is 3.08 bits per heavy atom. The molecule has 1 atom stereocenters. The second-order valence-electron chi connectivity index (χ2n) is 5.71. The van der Waals surface area contributed by atoms with E-state index in [-0.39, 0.29) is 12.0 Å². The molecule has 1 aromatic carbocycles. The van der Waals surface area contributed by atoms with Gasteiger partial charge in [-0.2, -0.15) is 0 Å². The monoisotopic (exact) mass is 327 g/mol. The highest BCUT2D eigenvalue weighted by Gasteiger charge is 2.14. The summed E-state index contributed by atoms with van der Waals surface area (Å²) in [6.07, 6.45) is 9.20. The minimum Gasteiger partial charge on any atom is -0.437 e. The summed E-state index contributed by atoms with van der Waals surface area (Å²) >= 11 is 0. The van der Waals surface area contributed by atoms with Gasteiger partial charge in [0, 0.05) is 31.1 Å². The highest BCUT2D eigenvalue weighted by Crippen LogP contribution is 2.19. The van der Waals surface area contributed by atoms with Crippen molar-refractivity contribution in [2.24, 2.45) is 0 Å². The third-order valence-corrected chi connectivity index (χ3v) is 3.88. The van der Waals surface area contributed by atoms with Gasteiger partial charge in [0.25, 0.3) is 5.91 Å². The molecule has 1 N–H and O–H groups in total. The van der Waals surface area contributed by atoms with Crippen LogP contribution >= 0.6 is 0 Å². The van der Waals surface area contributed by atoms with E-state index in [0.29, 0.717) is 23.7 Å². The molecule has 0 spiro atoms. The number of rotatable bonds is 6. The van der Waals surface area contributed by atoms with Gasteiger partial charge in [-0.15, -0.1) is 0 Å². The molecular formula is C18H21N3O3.